The molecule has 0 rings (SSSR count). The van der Waals surface area contributed by atoms with E-state index >= 15 is 0 Å². The lowest BCUT2D eigenvalue weighted by Gasteiger charge is -1.84. The maximum Gasteiger partial charge on any atom is -0.0335 e. The molecule has 0 amide bonds. The first-order valence-corrected chi connectivity index (χ1v) is 2.62. The normalized spacial score (nSPS) is 12.2. The van der Waals surface area contributed by atoms with E-state index in [0.29, 0.717) is 0 Å². The summed E-state index contributed by atoms with van der Waals surface area (Å²) in [6, 6.07) is 0. The molecule has 0 aliphatic carbocycles. The van der Waals surface area contributed by atoms with Gasteiger partial charge in [-0.1, -0.05) is 12.5 Å². The fourth-order valence-electron chi connectivity index (χ4n) is 0.0913. The Labute approximate surface area is 44.7 Å². The summed E-state index contributed by atoms with van der Waals surface area (Å²) < 4.78 is 0. The van der Waals surface area contributed by atoms with Crippen LogP contribution in [0.2, 0.25) is 0 Å². The van der Waals surface area contributed by atoms with Crippen molar-refractivity contribution in [1.82, 2.24) is 0 Å². The molecule has 0 saturated carbocycles. The second-order valence-corrected chi connectivity index (χ2v) is 1.59. The van der Waals surface area contributed by atoms with Crippen molar-refractivity contribution < 1.29 is 0 Å². The van der Waals surface area contributed by atoms with Crippen molar-refractivity contribution in [3.63, 3.8) is 0 Å². The van der Waals surface area contributed by atoms with Crippen LogP contribution in [0.5, 0.6) is 0 Å². The molecule has 0 fully saturated rings. The van der Waals surface area contributed by atoms with Crippen molar-refractivity contribution in [2.75, 3.05) is 0 Å². The zero-order chi connectivity index (χ0) is 4.99. The average molecular weight is 102 g/mol. The molecule has 1 heteroatoms. The van der Waals surface area contributed by atoms with Gasteiger partial charge in [0.2, 0.25) is 0 Å². The Balaban J connectivity index is 3.22. The summed E-state index contributed by atoms with van der Waals surface area (Å²) in [7, 11) is 0. The number of hydrogen-bond donors (Lipinski definition) is 1. The zero-order valence-corrected chi connectivity index (χ0v) is 5.13. The second kappa shape index (κ2) is 3.29. The molecule has 6 heavy (non-hydrogen) atoms. The Morgan fingerprint density at radius 3 is 2.33 bits per heavy atom. The van der Waals surface area contributed by atoms with Gasteiger partial charge in [-0.2, -0.15) is 12.6 Å². The van der Waals surface area contributed by atoms with E-state index in [0.717, 1.165) is 6.42 Å². The lowest BCUT2D eigenvalue weighted by atomic mass is 10.3. The molecule has 0 unspecified atom stereocenters. The van der Waals surface area contributed by atoms with Gasteiger partial charge in [-0.3, -0.25) is 0 Å². The van der Waals surface area contributed by atoms with Crippen LogP contribution in [0.3, 0.4) is 0 Å². The van der Waals surface area contributed by atoms with Gasteiger partial charge in [0, 0.05) is 0 Å². The van der Waals surface area contributed by atoms with Gasteiger partial charge < -0.3 is 0 Å². The van der Waals surface area contributed by atoms with E-state index < -0.39 is 0 Å². The number of allylic oxidation sites excluding steroid dienone is 1. The molecular weight excluding hydrogens is 92.1 g/mol. The summed E-state index contributed by atoms with van der Waals surface area (Å²) in [6.07, 6.45) is 1.11. The first-order valence-electron chi connectivity index (χ1n) is 2.11. The van der Waals surface area contributed by atoms with Gasteiger partial charge in [0.25, 0.3) is 0 Å². The highest BCUT2D eigenvalue weighted by molar-refractivity contribution is 7.83. The van der Waals surface area contributed by atoms with Crippen molar-refractivity contribution in [1.29, 1.82) is 0 Å². The fraction of sp³-hybridized carbons (Fsp3) is 0.600. The highest BCUT2D eigenvalue weighted by atomic mass is 32.1. The molecule has 0 aromatic carbocycles. The van der Waals surface area contributed by atoms with Gasteiger partial charge in [0.1, 0.15) is 0 Å². The third kappa shape index (κ3) is 2.33. The van der Waals surface area contributed by atoms with E-state index in [1.165, 1.54) is 5.57 Å². The monoisotopic (exact) mass is 102 g/mol. The smallest absolute Gasteiger partial charge is 0.0335 e. The van der Waals surface area contributed by atoms with Crippen LogP contribution in [0.1, 0.15) is 20.3 Å². The van der Waals surface area contributed by atoms with Crippen LogP contribution in [0.4, 0.5) is 0 Å². The van der Waals surface area contributed by atoms with Crippen molar-refractivity contribution in [2.24, 2.45) is 0 Å². The molecule has 0 N–H and O–H groups in total. The van der Waals surface area contributed by atoms with Crippen LogP contribution in [-0.2, 0) is 0 Å². The highest BCUT2D eigenvalue weighted by Crippen LogP contribution is 1.97. The summed E-state index contributed by atoms with van der Waals surface area (Å²) in [5, 5.41) is 1.83. The van der Waals surface area contributed by atoms with Gasteiger partial charge in [0.15, 0.2) is 0 Å². The maximum absolute atomic E-state index is 3.93. The Bertz CT molecular complexity index is 55.0. The molecule has 0 heterocycles. The van der Waals surface area contributed by atoms with Crippen LogP contribution in [0.15, 0.2) is 11.0 Å². The minimum atomic E-state index is 1.11. The van der Waals surface area contributed by atoms with Crippen LogP contribution in [0.25, 0.3) is 0 Å². The van der Waals surface area contributed by atoms with Crippen molar-refractivity contribution in [3.8, 4) is 0 Å². The summed E-state index contributed by atoms with van der Waals surface area (Å²) in [4.78, 5) is 0. The molecule has 0 atom stereocenters. The van der Waals surface area contributed by atoms with Crippen LogP contribution < -0.4 is 0 Å². The van der Waals surface area contributed by atoms with Gasteiger partial charge >= 0.3 is 0 Å². The lowest BCUT2D eigenvalue weighted by Crippen LogP contribution is -1.62. The SMILES string of the molecule is CC/C(C)=C\S. The van der Waals surface area contributed by atoms with E-state index in [9.17, 15) is 0 Å². The summed E-state index contributed by atoms with van der Waals surface area (Å²) in [5.74, 6) is 0. The van der Waals surface area contributed by atoms with E-state index in [-0.39, 0.29) is 0 Å². The van der Waals surface area contributed by atoms with E-state index in [1.54, 1.807) is 0 Å². The average Bonchev–Trinajstić information content (AvgIpc) is 1.65. The summed E-state index contributed by atoms with van der Waals surface area (Å²) >= 11 is 3.93. The van der Waals surface area contributed by atoms with E-state index in [4.69, 9.17) is 0 Å². The van der Waals surface area contributed by atoms with Crippen molar-refractivity contribution >= 4 is 12.6 Å². The number of rotatable bonds is 1. The molecular formula is C5H10S. The van der Waals surface area contributed by atoms with Crippen molar-refractivity contribution in [3.05, 3.63) is 11.0 Å². The molecule has 0 radical (unpaired) electrons. The van der Waals surface area contributed by atoms with Gasteiger partial charge in [-0.15, -0.1) is 0 Å². The molecule has 0 aliphatic heterocycles. The van der Waals surface area contributed by atoms with Crippen LogP contribution >= 0.6 is 12.6 Å². The number of hydrogen-bond acceptors (Lipinski definition) is 1. The topological polar surface area (TPSA) is 0 Å². The molecule has 0 bridgehead atoms. The Morgan fingerprint density at radius 1 is 1.83 bits per heavy atom. The highest BCUT2D eigenvalue weighted by Gasteiger charge is 1.73. The van der Waals surface area contributed by atoms with E-state index in [1.807, 2.05) is 5.41 Å². The summed E-state index contributed by atoms with van der Waals surface area (Å²) in [5.41, 5.74) is 1.33. The first-order chi connectivity index (χ1) is 2.81. The fourth-order valence-corrected chi connectivity index (χ4v) is 0.274. The van der Waals surface area contributed by atoms with Gasteiger partial charge in [-0.25, -0.2) is 0 Å². The molecule has 0 saturated heterocycles. The molecule has 0 nitrogen and oxygen atoms in total. The predicted molar refractivity (Wildman–Crippen MR) is 33.0 cm³/mol. The lowest BCUT2D eigenvalue weighted by molar-refractivity contribution is 1.11. The molecule has 0 aromatic heterocycles. The minimum absolute atomic E-state index is 1.11. The molecule has 0 aliphatic rings. The quantitative estimate of drug-likeness (QED) is 0.482. The molecule has 0 spiro atoms. The third-order valence-electron chi connectivity index (χ3n) is 0.778. The Kier molecular flexibility index (Phi) is 3.34. The van der Waals surface area contributed by atoms with Gasteiger partial charge in [0.05, 0.1) is 0 Å². The summed E-state index contributed by atoms with van der Waals surface area (Å²) in [6.45, 7) is 4.18. The Morgan fingerprint density at radius 2 is 2.33 bits per heavy atom. The molecule has 36 valence electrons. The van der Waals surface area contributed by atoms with Gasteiger partial charge in [-0.05, 0) is 18.8 Å². The molecule has 0 aromatic rings. The standard InChI is InChI=1S/C5H10S/c1-3-5(2)4-6/h4,6H,3H2,1-2H3/b5-4-. The van der Waals surface area contributed by atoms with E-state index in [2.05, 4.69) is 26.5 Å². The largest absolute Gasteiger partial charge is 0.151 e. The van der Waals surface area contributed by atoms with Crippen LogP contribution in [-0.4, -0.2) is 0 Å². The van der Waals surface area contributed by atoms with Crippen LogP contribution in [0, 0.1) is 0 Å². The number of thiol groups is 1. The maximum atomic E-state index is 3.93. The first kappa shape index (κ1) is 6.09. The third-order valence-corrected chi connectivity index (χ3v) is 1.22. The predicted octanol–water partition coefficient (Wildman–Crippen LogP) is 2.23. The zero-order valence-electron chi connectivity index (χ0n) is 4.23. The Hall–Kier alpha value is 0.0900. The van der Waals surface area contributed by atoms with Crippen molar-refractivity contribution in [2.45, 2.75) is 20.3 Å². The second-order valence-electron chi connectivity index (χ2n) is 1.33. The minimum Gasteiger partial charge on any atom is -0.151 e.